The van der Waals surface area contributed by atoms with Gasteiger partial charge in [0.1, 0.15) is 5.82 Å². The van der Waals surface area contributed by atoms with Gasteiger partial charge in [0.15, 0.2) is 5.13 Å². The number of hydrogen-bond acceptors (Lipinski definition) is 6. The lowest BCUT2D eigenvalue weighted by Crippen LogP contribution is -2.00. The molecule has 2 heterocycles. The van der Waals surface area contributed by atoms with E-state index in [1.165, 1.54) is 5.56 Å². The third-order valence-corrected chi connectivity index (χ3v) is 3.58. The molecule has 1 aromatic carbocycles. The first-order chi connectivity index (χ1) is 9.10. The zero-order valence-electron chi connectivity index (χ0n) is 10.6. The van der Waals surface area contributed by atoms with Crippen molar-refractivity contribution in [2.75, 3.05) is 11.1 Å². The summed E-state index contributed by atoms with van der Waals surface area (Å²) >= 11 is 1.59. The van der Waals surface area contributed by atoms with Crippen LogP contribution in [-0.2, 0) is 0 Å². The quantitative estimate of drug-likeness (QED) is 0.749. The van der Waals surface area contributed by atoms with Gasteiger partial charge in [0.2, 0.25) is 5.95 Å². The van der Waals surface area contributed by atoms with E-state index in [4.69, 9.17) is 5.73 Å². The van der Waals surface area contributed by atoms with Crippen LogP contribution in [0.25, 0.3) is 10.2 Å². The van der Waals surface area contributed by atoms with Crippen LogP contribution in [0.4, 0.5) is 16.9 Å². The van der Waals surface area contributed by atoms with Gasteiger partial charge in [-0.15, -0.1) is 0 Å². The summed E-state index contributed by atoms with van der Waals surface area (Å²) in [4.78, 5) is 12.7. The summed E-state index contributed by atoms with van der Waals surface area (Å²) in [6.07, 6.45) is 0. The highest BCUT2D eigenvalue weighted by Gasteiger charge is 2.06. The van der Waals surface area contributed by atoms with Gasteiger partial charge in [0.25, 0.3) is 0 Å². The largest absolute Gasteiger partial charge is 0.368 e. The summed E-state index contributed by atoms with van der Waals surface area (Å²) < 4.78 is 1.15. The summed E-state index contributed by atoms with van der Waals surface area (Å²) in [5.41, 5.74) is 8.66. The first-order valence-corrected chi connectivity index (χ1v) is 6.67. The Morgan fingerprint density at radius 3 is 2.74 bits per heavy atom. The second-order valence-electron chi connectivity index (χ2n) is 4.37. The minimum absolute atomic E-state index is 0.263. The van der Waals surface area contributed by atoms with Crippen LogP contribution < -0.4 is 11.1 Å². The molecule has 0 saturated carbocycles. The fourth-order valence-electron chi connectivity index (χ4n) is 1.85. The van der Waals surface area contributed by atoms with Crippen LogP contribution in [0.15, 0.2) is 24.3 Å². The number of nitrogens with zero attached hydrogens (tertiary/aromatic N) is 3. The minimum atomic E-state index is 0.263. The molecular formula is C13H13N5S. The Labute approximate surface area is 114 Å². The van der Waals surface area contributed by atoms with Crippen molar-refractivity contribution in [3.05, 3.63) is 35.5 Å². The first-order valence-electron chi connectivity index (χ1n) is 5.85. The molecule has 3 aromatic rings. The Morgan fingerprint density at radius 1 is 1.11 bits per heavy atom. The smallest absolute Gasteiger partial charge is 0.222 e. The van der Waals surface area contributed by atoms with Crippen molar-refractivity contribution in [3.8, 4) is 0 Å². The Kier molecular flexibility index (Phi) is 2.79. The van der Waals surface area contributed by atoms with Crippen molar-refractivity contribution in [2.24, 2.45) is 0 Å². The molecule has 2 aromatic heterocycles. The number of fused-ring (bicyclic) bond motifs is 1. The maximum atomic E-state index is 5.63. The van der Waals surface area contributed by atoms with E-state index in [-0.39, 0.29) is 5.95 Å². The topological polar surface area (TPSA) is 76.7 Å². The van der Waals surface area contributed by atoms with E-state index >= 15 is 0 Å². The summed E-state index contributed by atoms with van der Waals surface area (Å²) in [6, 6.07) is 8.04. The molecule has 0 bridgehead atoms. The summed E-state index contributed by atoms with van der Waals surface area (Å²) in [7, 11) is 0. The van der Waals surface area contributed by atoms with E-state index in [1.54, 1.807) is 11.3 Å². The van der Waals surface area contributed by atoms with Crippen LogP contribution in [0.3, 0.4) is 0 Å². The molecule has 6 heteroatoms. The van der Waals surface area contributed by atoms with Gasteiger partial charge in [0, 0.05) is 11.8 Å². The van der Waals surface area contributed by atoms with Gasteiger partial charge < -0.3 is 11.1 Å². The average molecular weight is 271 g/mol. The average Bonchev–Trinajstić information content (AvgIpc) is 2.68. The zero-order valence-corrected chi connectivity index (χ0v) is 11.5. The predicted octanol–water partition coefficient (Wildman–Crippen LogP) is 3.03. The molecule has 0 fully saturated rings. The van der Waals surface area contributed by atoms with Crippen LogP contribution in [-0.4, -0.2) is 15.0 Å². The van der Waals surface area contributed by atoms with Gasteiger partial charge in [-0.25, -0.2) is 9.97 Å². The van der Waals surface area contributed by atoms with E-state index in [0.29, 0.717) is 5.82 Å². The molecule has 19 heavy (non-hydrogen) atoms. The predicted molar refractivity (Wildman–Crippen MR) is 78.8 cm³/mol. The minimum Gasteiger partial charge on any atom is -0.368 e. The summed E-state index contributed by atoms with van der Waals surface area (Å²) in [6.45, 7) is 3.95. The molecule has 5 nitrogen and oxygen atoms in total. The molecule has 3 rings (SSSR count). The molecular weight excluding hydrogens is 258 g/mol. The van der Waals surface area contributed by atoms with E-state index in [0.717, 1.165) is 21.0 Å². The van der Waals surface area contributed by atoms with Gasteiger partial charge in [-0.3, -0.25) is 0 Å². The summed E-state index contributed by atoms with van der Waals surface area (Å²) in [5.74, 6) is 0.931. The SMILES string of the molecule is Cc1ccc2nc(Nc3cc(C)nc(N)n3)sc2c1. The van der Waals surface area contributed by atoms with Crippen molar-refractivity contribution >= 4 is 38.5 Å². The van der Waals surface area contributed by atoms with Crippen LogP contribution in [0, 0.1) is 13.8 Å². The highest BCUT2D eigenvalue weighted by Crippen LogP contribution is 2.28. The molecule has 0 atom stereocenters. The normalized spacial score (nSPS) is 10.8. The number of hydrogen-bond donors (Lipinski definition) is 2. The Bertz CT molecular complexity index is 730. The van der Waals surface area contributed by atoms with Gasteiger partial charge >= 0.3 is 0 Å². The highest BCUT2D eigenvalue weighted by molar-refractivity contribution is 7.22. The van der Waals surface area contributed by atoms with E-state index in [2.05, 4.69) is 39.3 Å². The summed E-state index contributed by atoms with van der Waals surface area (Å²) in [5, 5.41) is 3.97. The lowest BCUT2D eigenvalue weighted by Gasteiger charge is -2.02. The lowest BCUT2D eigenvalue weighted by atomic mass is 10.2. The Balaban J connectivity index is 1.96. The van der Waals surface area contributed by atoms with Gasteiger partial charge in [-0.1, -0.05) is 17.4 Å². The highest BCUT2D eigenvalue weighted by atomic mass is 32.1. The number of nitrogens with two attached hydrogens (primary N) is 1. The molecule has 0 aliphatic carbocycles. The van der Waals surface area contributed by atoms with Gasteiger partial charge in [-0.05, 0) is 31.5 Å². The molecule has 0 unspecified atom stereocenters. The van der Waals surface area contributed by atoms with E-state index < -0.39 is 0 Å². The van der Waals surface area contributed by atoms with Gasteiger partial charge in [0.05, 0.1) is 10.2 Å². The van der Waals surface area contributed by atoms with Crippen molar-refractivity contribution in [1.82, 2.24) is 15.0 Å². The molecule has 0 radical (unpaired) electrons. The zero-order chi connectivity index (χ0) is 13.4. The molecule has 0 aliphatic rings. The van der Waals surface area contributed by atoms with E-state index in [1.807, 2.05) is 19.1 Å². The third-order valence-electron chi connectivity index (χ3n) is 2.65. The maximum Gasteiger partial charge on any atom is 0.222 e. The second-order valence-corrected chi connectivity index (χ2v) is 5.40. The van der Waals surface area contributed by atoms with E-state index in [9.17, 15) is 0 Å². The molecule has 0 spiro atoms. The molecule has 96 valence electrons. The Morgan fingerprint density at radius 2 is 1.95 bits per heavy atom. The molecule has 3 N–H and O–H groups in total. The number of aryl methyl sites for hydroxylation is 2. The molecule has 0 saturated heterocycles. The first kappa shape index (κ1) is 11.9. The third kappa shape index (κ3) is 2.48. The van der Waals surface area contributed by atoms with Crippen molar-refractivity contribution in [1.29, 1.82) is 0 Å². The monoisotopic (exact) mass is 271 g/mol. The Hall–Kier alpha value is -2.21. The number of benzene rings is 1. The number of thiazole rings is 1. The number of nitrogen functional groups attached to an aromatic ring is 1. The van der Waals surface area contributed by atoms with Crippen LogP contribution in [0.1, 0.15) is 11.3 Å². The second kappa shape index (κ2) is 4.47. The van der Waals surface area contributed by atoms with Gasteiger partial charge in [-0.2, -0.15) is 4.98 Å². The number of rotatable bonds is 2. The van der Waals surface area contributed by atoms with Crippen molar-refractivity contribution in [3.63, 3.8) is 0 Å². The lowest BCUT2D eigenvalue weighted by molar-refractivity contribution is 1.12. The number of nitrogens with one attached hydrogen (secondary N) is 1. The fraction of sp³-hybridized carbons (Fsp3) is 0.154. The van der Waals surface area contributed by atoms with Crippen LogP contribution in [0.2, 0.25) is 0 Å². The fourth-order valence-corrected chi connectivity index (χ4v) is 2.82. The van der Waals surface area contributed by atoms with Crippen LogP contribution in [0.5, 0.6) is 0 Å². The molecule has 0 aliphatic heterocycles. The number of anilines is 3. The van der Waals surface area contributed by atoms with Crippen molar-refractivity contribution < 1.29 is 0 Å². The van der Waals surface area contributed by atoms with Crippen molar-refractivity contribution in [2.45, 2.75) is 13.8 Å². The molecule has 0 amide bonds. The maximum absolute atomic E-state index is 5.63. The standard InChI is InChI=1S/C13H13N5S/c1-7-3-4-9-10(5-7)19-13(16-9)18-11-6-8(2)15-12(14)17-11/h3-6H,1-2H3,(H3,14,15,16,17,18). The van der Waals surface area contributed by atoms with Crippen LogP contribution >= 0.6 is 11.3 Å². The number of aromatic nitrogens is 3.